The summed E-state index contributed by atoms with van der Waals surface area (Å²) in [5, 5.41) is 8.90. The van der Waals surface area contributed by atoms with Gasteiger partial charge in [-0.05, 0) is 32.4 Å². The van der Waals surface area contributed by atoms with E-state index in [-0.39, 0.29) is 36.2 Å². The summed E-state index contributed by atoms with van der Waals surface area (Å²) in [7, 11) is 1.42. The lowest BCUT2D eigenvalue weighted by atomic mass is 10.1. The molecule has 0 bridgehead atoms. The third kappa shape index (κ3) is 5.10. The number of halogens is 1. The highest BCUT2D eigenvalue weighted by atomic mass is 19.1. The molecule has 0 amide bonds. The van der Waals surface area contributed by atoms with Crippen molar-refractivity contribution >= 4 is 5.78 Å². The number of Topliss-reactive ketones (excluding diaryl/α,β-unsaturated/α-hetero) is 1. The third-order valence-electron chi connectivity index (χ3n) is 3.43. The van der Waals surface area contributed by atoms with Crippen LogP contribution >= 0.6 is 0 Å². The zero-order chi connectivity index (χ0) is 15.8. The summed E-state index contributed by atoms with van der Waals surface area (Å²) in [6.45, 7) is 5.44. The number of methoxy groups -OCH3 is 1. The molecular formula is C16H24FNO3. The largest absolute Gasteiger partial charge is 0.496 e. The average Bonchev–Trinajstić information content (AvgIpc) is 2.46. The first-order chi connectivity index (χ1) is 10.0. The highest BCUT2D eigenvalue weighted by Gasteiger charge is 2.19. The van der Waals surface area contributed by atoms with Gasteiger partial charge in [-0.1, -0.05) is 6.07 Å². The fourth-order valence-corrected chi connectivity index (χ4v) is 2.22. The van der Waals surface area contributed by atoms with Crippen molar-refractivity contribution in [1.82, 2.24) is 4.90 Å². The highest BCUT2D eigenvalue weighted by molar-refractivity contribution is 5.99. The minimum atomic E-state index is -0.550. The van der Waals surface area contributed by atoms with Gasteiger partial charge in [-0.25, -0.2) is 4.39 Å². The first kappa shape index (κ1) is 17.6. The molecule has 0 saturated carbocycles. The first-order valence-corrected chi connectivity index (χ1v) is 7.21. The molecule has 1 N–H and O–H groups in total. The molecule has 0 spiro atoms. The van der Waals surface area contributed by atoms with E-state index in [1.54, 1.807) is 6.07 Å². The molecule has 0 aromatic heterocycles. The van der Waals surface area contributed by atoms with Crippen LogP contribution < -0.4 is 4.74 Å². The van der Waals surface area contributed by atoms with Gasteiger partial charge in [-0.3, -0.25) is 4.79 Å². The van der Waals surface area contributed by atoms with E-state index >= 15 is 0 Å². The number of carbonyl (C=O) groups excluding carboxylic acids is 1. The van der Waals surface area contributed by atoms with Crippen molar-refractivity contribution in [2.75, 3.05) is 26.8 Å². The minimum Gasteiger partial charge on any atom is -0.496 e. The van der Waals surface area contributed by atoms with Crippen molar-refractivity contribution in [3.05, 3.63) is 29.6 Å². The molecular weight excluding hydrogens is 273 g/mol. The Morgan fingerprint density at radius 3 is 2.67 bits per heavy atom. The lowest BCUT2D eigenvalue weighted by Crippen LogP contribution is -2.34. The molecule has 0 unspecified atom stereocenters. The fourth-order valence-electron chi connectivity index (χ4n) is 2.22. The van der Waals surface area contributed by atoms with Crippen LogP contribution in [0.4, 0.5) is 4.39 Å². The molecule has 0 atom stereocenters. The van der Waals surface area contributed by atoms with E-state index in [4.69, 9.17) is 9.84 Å². The van der Waals surface area contributed by atoms with Crippen molar-refractivity contribution in [3.63, 3.8) is 0 Å². The van der Waals surface area contributed by atoms with E-state index in [0.717, 1.165) is 6.54 Å². The van der Waals surface area contributed by atoms with Gasteiger partial charge in [0.1, 0.15) is 11.6 Å². The summed E-state index contributed by atoms with van der Waals surface area (Å²) < 4.78 is 18.9. The second-order valence-electron chi connectivity index (χ2n) is 5.20. The number of carbonyl (C=O) groups is 1. The van der Waals surface area contributed by atoms with Gasteiger partial charge in [0.15, 0.2) is 5.78 Å². The quantitative estimate of drug-likeness (QED) is 0.712. The summed E-state index contributed by atoms with van der Waals surface area (Å²) in [5.41, 5.74) is 0.0193. The number of ether oxygens (including phenoxy) is 1. The van der Waals surface area contributed by atoms with Gasteiger partial charge in [-0.2, -0.15) is 0 Å². The van der Waals surface area contributed by atoms with E-state index in [2.05, 4.69) is 4.90 Å². The van der Waals surface area contributed by atoms with Crippen LogP contribution in [0.3, 0.4) is 0 Å². The van der Waals surface area contributed by atoms with Crippen LogP contribution in [-0.4, -0.2) is 48.6 Å². The van der Waals surface area contributed by atoms with Gasteiger partial charge in [0.05, 0.1) is 12.7 Å². The van der Waals surface area contributed by atoms with Crippen molar-refractivity contribution in [1.29, 1.82) is 0 Å². The number of hydrogen-bond acceptors (Lipinski definition) is 4. The second kappa shape index (κ2) is 8.74. The molecule has 5 heteroatoms. The van der Waals surface area contributed by atoms with Gasteiger partial charge in [-0.15, -0.1) is 0 Å². The van der Waals surface area contributed by atoms with E-state index in [0.29, 0.717) is 13.0 Å². The second-order valence-corrected chi connectivity index (χ2v) is 5.20. The summed E-state index contributed by atoms with van der Waals surface area (Å²) in [6.07, 6.45) is 0.885. The summed E-state index contributed by atoms with van der Waals surface area (Å²) >= 11 is 0. The van der Waals surface area contributed by atoms with Crippen molar-refractivity contribution < 1.29 is 19.0 Å². The van der Waals surface area contributed by atoms with Gasteiger partial charge in [0, 0.05) is 32.2 Å². The molecule has 0 aliphatic heterocycles. The number of ketones is 1. The lowest BCUT2D eigenvalue weighted by Gasteiger charge is -2.25. The van der Waals surface area contributed by atoms with Crippen molar-refractivity contribution in [3.8, 4) is 5.75 Å². The molecule has 118 valence electrons. The summed E-state index contributed by atoms with van der Waals surface area (Å²) in [5.74, 6) is -0.545. The zero-order valence-corrected chi connectivity index (χ0v) is 12.9. The van der Waals surface area contributed by atoms with Gasteiger partial charge in [0.2, 0.25) is 0 Å². The fraction of sp³-hybridized carbons (Fsp3) is 0.562. The van der Waals surface area contributed by atoms with E-state index in [9.17, 15) is 9.18 Å². The van der Waals surface area contributed by atoms with Crippen LogP contribution in [0.1, 0.15) is 37.0 Å². The molecule has 0 heterocycles. The number of hydrogen-bond donors (Lipinski definition) is 1. The van der Waals surface area contributed by atoms with E-state index in [1.807, 2.05) is 13.8 Å². The Morgan fingerprint density at radius 1 is 1.38 bits per heavy atom. The average molecular weight is 297 g/mol. The molecule has 1 aromatic carbocycles. The Hall–Kier alpha value is -1.46. The predicted octanol–water partition coefficient (Wildman–Crippen LogP) is 2.50. The summed E-state index contributed by atoms with van der Waals surface area (Å²) in [6, 6.07) is 4.64. The normalized spacial score (nSPS) is 11.2. The Balaban J connectivity index is 2.72. The third-order valence-corrected chi connectivity index (χ3v) is 3.43. The molecule has 1 aromatic rings. The Morgan fingerprint density at radius 2 is 2.10 bits per heavy atom. The zero-order valence-electron chi connectivity index (χ0n) is 12.9. The number of nitrogens with zero attached hydrogens (tertiary/aromatic N) is 1. The first-order valence-electron chi connectivity index (χ1n) is 7.21. The minimum absolute atomic E-state index is 0.0193. The topological polar surface area (TPSA) is 49.8 Å². The van der Waals surface area contributed by atoms with Crippen LogP contribution in [0, 0.1) is 5.82 Å². The molecule has 0 aliphatic carbocycles. The Bertz CT molecular complexity index is 463. The van der Waals surface area contributed by atoms with Crippen molar-refractivity contribution in [2.45, 2.75) is 32.7 Å². The maximum atomic E-state index is 13.8. The molecule has 0 saturated heterocycles. The number of aliphatic hydroxyl groups excluding tert-OH is 1. The number of benzene rings is 1. The number of aliphatic hydroxyl groups is 1. The highest BCUT2D eigenvalue weighted by Crippen LogP contribution is 2.22. The van der Waals surface area contributed by atoms with Crippen LogP contribution in [-0.2, 0) is 0 Å². The standard InChI is InChI=1S/C16H24FNO3/c1-12(2)18(9-5-11-19)10-8-14(20)16-13(17)6-4-7-15(16)21-3/h4,6-7,12,19H,5,8-11H2,1-3H3. The van der Waals surface area contributed by atoms with Crippen molar-refractivity contribution in [2.24, 2.45) is 0 Å². The van der Waals surface area contributed by atoms with Crippen LogP contribution in [0.2, 0.25) is 0 Å². The smallest absolute Gasteiger partial charge is 0.170 e. The van der Waals surface area contributed by atoms with E-state index < -0.39 is 5.82 Å². The van der Waals surface area contributed by atoms with E-state index in [1.165, 1.54) is 19.2 Å². The Kier molecular flexibility index (Phi) is 7.32. The van der Waals surface area contributed by atoms with Gasteiger partial charge < -0.3 is 14.7 Å². The van der Waals surface area contributed by atoms with Gasteiger partial charge in [0.25, 0.3) is 0 Å². The molecule has 21 heavy (non-hydrogen) atoms. The molecule has 0 fully saturated rings. The molecule has 4 nitrogen and oxygen atoms in total. The van der Waals surface area contributed by atoms with Gasteiger partial charge >= 0.3 is 0 Å². The molecule has 1 rings (SSSR count). The monoisotopic (exact) mass is 297 g/mol. The maximum Gasteiger partial charge on any atom is 0.170 e. The molecule has 0 aliphatic rings. The number of rotatable bonds is 9. The Labute approximate surface area is 125 Å². The van der Waals surface area contributed by atoms with Crippen LogP contribution in [0.25, 0.3) is 0 Å². The predicted molar refractivity (Wildman–Crippen MR) is 80.3 cm³/mol. The SMILES string of the molecule is COc1cccc(F)c1C(=O)CCN(CCCO)C(C)C. The van der Waals surface area contributed by atoms with Crippen LogP contribution in [0.15, 0.2) is 18.2 Å². The van der Waals surface area contributed by atoms with Crippen LogP contribution in [0.5, 0.6) is 5.75 Å². The lowest BCUT2D eigenvalue weighted by molar-refractivity contribution is 0.0945. The summed E-state index contributed by atoms with van der Waals surface area (Å²) in [4.78, 5) is 14.3. The molecule has 0 radical (unpaired) electrons. The maximum absolute atomic E-state index is 13.8.